The number of carbonyl (C=O) groups is 2. The second kappa shape index (κ2) is 5.39. The summed E-state index contributed by atoms with van der Waals surface area (Å²) in [6, 6.07) is 7.58. The van der Waals surface area contributed by atoms with Crippen LogP contribution in [0.1, 0.15) is 18.4 Å². The van der Waals surface area contributed by atoms with Crippen molar-refractivity contribution in [2.45, 2.75) is 19.3 Å². The van der Waals surface area contributed by atoms with Gasteiger partial charge in [0.25, 0.3) is 0 Å². The fourth-order valence-electron chi connectivity index (χ4n) is 3.22. The van der Waals surface area contributed by atoms with Gasteiger partial charge in [0.15, 0.2) is 0 Å². The molecule has 2 saturated heterocycles. The maximum atomic E-state index is 12.4. The minimum Gasteiger partial charge on any atom is -0.497 e. The fraction of sp³-hybridized carbons (Fsp3) is 0.500. The highest BCUT2D eigenvalue weighted by molar-refractivity contribution is 5.81. The van der Waals surface area contributed by atoms with Crippen LogP contribution >= 0.6 is 0 Å². The van der Waals surface area contributed by atoms with E-state index in [-0.39, 0.29) is 17.2 Å². The Morgan fingerprint density at radius 1 is 1.38 bits per heavy atom. The van der Waals surface area contributed by atoms with Crippen LogP contribution in [-0.2, 0) is 16.0 Å². The average molecular weight is 288 g/mol. The van der Waals surface area contributed by atoms with Gasteiger partial charge in [-0.3, -0.25) is 9.59 Å². The first-order valence-electron chi connectivity index (χ1n) is 7.28. The lowest BCUT2D eigenvalue weighted by Crippen LogP contribution is -2.34. The number of nitrogens with zero attached hydrogens (tertiary/aromatic N) is 1. The molecule has 1 aromatic carbocycles. The highest BCUT2D eigenvalue weighted by atomic mass is 16.5. The summed E-state index contributed by atoms with van der Waals surface area (Å²) >= 11 is 0. The largest absolute Gasteiger partial charge is 0.497 e. The summed E-state index contributed by atoms with van der Waals surface area (Å²) in [5.74, 6) is 1.04. The Balaban J connectivity index is 1.60. The second-order valence-corrected chi connectivity index (χ2v) is 6.04. The van der Waals surface area contributed by atoms with Gasteiger partial charge in [-0.15, -0.1) is 0 Å². The minimum atomic E-state index is -0.0212. The average Bonchev–Trinajstić information content (AvgIpc) is 3.07. The molecule has 112 valence electrons. The van der Waals surface area contributed by atoms with Crippen molar-refractivity contribution in [2.75, 3.05) is 26.7 Å². The van der Waals surface area contributed by atoms with Crippen molar-refractivity contribution in [1.82, 2.24) is 10.2 Å². The molecule has 2 aliphatic rings. The summed E-state index contributed by atoms with van der Waals surface area (Å²) in [4.78, 5) is 25.7. The minimum absolute atomic E-state index is 0.0212. The zero-order chi connectivity index (χ0) is 14.9. The van der Waals surface area contributed by atoms with Crippen molar-refractivity contribution < 1.29 is 14.3 Å². The van der Waals surface area contributed by atoms with Crippen LogP contribution in [0.2, 0.25) is 0 Å². The van der Waals surface area contributed by atoms with Crippen LogP contribution in [0.3, 0.4) is 0 Å². The van der Waals surface area contributed by atoms with Crippen LogP contribution in [0.25, 0.3) is 0 Å². The number of rotatable bonds is 3. The highest BCUT2D eigenvalue weighted by Gasteiger charge is 2.44. The predicted molar refractivity (Wildman–Crippen MR) is 78.0 cm³/mol. The third-order valence-electron chi connectivity index (χ3n) is 4.50. The van der Waals surface area contributed by atoms with Crippen LogP contribution < -0.4 is 10.1 Å². The van der Waals surface area contributed by atoms with Crippen molar-refractivity contribution in [2.24, 2.45) is 5.41 Å². The lowest BCUT2D eigenvalue weighted by Gasteiger charge is -2.21. The molecule has 0 saturated carbocycles. The van der Waals surface area contributed by atoms with Gasteiger partial charge in [-0.1, -0.05) is 12.1 Å². The van der Waals surface area contributed by atoms with Crippen LogP contribution in [0, 0.1) is 5.41 Å². The first kappa shape index (κ1) is 13.9. The van der Waals surface area contributed by atoms with E-state index in [2.05, 4.69) is 5.32 Å². The van der Waals surface area contributed by atoms with Gasteiger partial charge >= 0.3 is 0 Å². The van der Waals surface area contributed by atoms with Gasteiger partial charge < -0.3 is 15.0 Å². The zero-order valence-electron chi connectivity index (χ0n) is 12.2. The molecule has 2 amide bonds. The second-order valence-electron chi connectivity index (χ2n) is 6.04. The number of benzene rings is 1. The predicted octanol–water partition coefficient (Wildman–Crippen LogP) is 0.976. The van der Waals surface area contributed by atoms with Gasteiger partial charge in [0.05, 0.1) is 13.5 Å². The molecule has 3 rings (SSSR count). The van der Waals surface area contributed by atoms with Gasteiger partial charge in [-0.05, 0) is 24.1 Å². The van der Waals surface area contributed by atoms with E-state index in [4.69, 9.17) is 4.74 Å². The van der Waals surface area contributed by atoms with E-state index < -0.39 is 0 Å². The molecule has 1 unspecified atom stereocenters. The third-order valence-corrected chi connectivity index (χ3v) is 4.50. The molecule has 1 atom stereocenters. The van der Waals surface area contributed by atoms with Crippen molar-refractivity contribution in [3.05, 3.63) is 29.8 Å². The molecule has 5 heteroatoms. The van der Waals surface area contributed by atoms with Crippen LogP contribution in [0.5, 0.6) is 5.75 Å². The number of ether oxygens (including phenoxy) is 1. The molecule has 0 bridgehead atoms. The zero-order valence-corrected chi connectivity index (χ0v) is 12.2. The summed E-state index contributed by atoms with van der Waals surface area (Å²) in [7, 11) is 1.63. The first-order chi connectivity index (χ1) is 10.1. The molecular formula is C16H20N2O3. The lowest BCUT2D eigenvalue weighted by atomic mass is 9.86. The standard InChI is InChI=1S/C16H20N2O3/c1-21-13-4-2-12(3-5-13)8-15(20)18-7-6-16(11-18)9-14(19)17-10-16/h2-5H,6-11H2,1H3,(H,17,19). The Morgan fingerprint density at radius 2 is 2.14 bits per heavy atom. The van der Waals surface area contributed by atoms with Crippen LogP contribution in [0.15, 0.2) is 24.3 Å². The molecule has 5 nitrogen and oxygen atoms in total. The number of amides is 2. The highest BCUT2D eigenvalue weighted by Crippen LogP contribution is 2.36. The van der Waals surface area contributed by atoms with Crippen molar-refractivity contribution in [3.63, 3.8) is 0 Å². The molecule has 1 N–H and O–H groups in total. The Morgan fingerprint density at radius 3 is 2.76 bits per heavy atom. The SMILES string of the molecule is COc1ccc(CC(=O)N2CCC3(CNC(=O)C3)C2)cc1. The quantitative estimate of drug-likeness (QED) is 0.902. The maximum Gasteiger partial charge on any atom is 0.227 e. The Kier molecular flexibility index (Phi) is 3.57. The summed E-state index contributed by atoms with van der Waals surface area (Å²) in [5, 5.41) is 2.88. The lowest BCUT2D eigenvalue weighted by molar-refractivity contribution is -0.130. The van der Waals surface area contributed by atoms with Gasteiger partial charge in [0.2, 0.25) is 11.8 Å². The molecule has 21 heavy (non-hydrogen) atoms. The number of methoxy groups -OCH3 is 1. The summed E-state index contributed by atoms with van der Waals surface area (Å²) in [6.07, 6.45) is 1.88. The van der Waals surface area contributed by atoms with E-state index in [1.165, 1.54) is 0 Å². The molecule has 1 spiro atoms. The maximum absolute atomic E-state index is 12.4. The number of carbonyl (C=O) groups excluding carboxylic acids is 2. The molecule has 2 heterocycles. The summed E-state index contributed by atoms with van der Waals surface area (Å²) in [6.45, 7) is 2.16. The normalized spacial score (nSPS) is 24.4. The number of hydrogen-bond acceptors (Lipinski definition) is 3. The first-order valence-corrected chi connectivity index (χ1v) is 7.28. The van der Waals surface area contributed by atoms with E-state index >= 15 is 0 Å². The molecule has 2 fully saturated rings. The molecule has 0 aliphatic carbocycles. The fourth-order valence-corrected chi connectivity index (χ4v) is 3.22. The van der Waals surface area contributed by atoms with E-state index in [0.29, 0.717) is 25.9 Å². The number of likely N-dealkylation sites (tertiary alicyclic amines) is 1. The topological polar surface area (TPSA) is 58.6 Å². The Hall–Kier alpha value is -2.04. The van der Waals surface area contributed by atoms with Crippen molar-refractivity contribution >= 4 is 11.8 Å². The number of nitrogens with one attached hydrogen (secondary N) is 1. The van der Waals surface area contributed by atoms with E-state index in [0.717, 1.165) is 24.3 Å². The smallest absolute Gasteiger partial charge is 0.227 e. The monoisotopic (exact) mass is 288 g/mol. The van der Waals surface area contributed by atoms with Gasteiger partial charge in [-0.25, -0.2) is 0 Å². The molecular weight excluding hydrogens is 268 g/mol. The molecule has 2 aliphatic heterocycles. The summed E-state index contributed by atoms with van der Waals surface area (Å²) in [5.41, 5.74) is 0.967. The van der Waals surface area contributed by atoms with Crippen LogP contribution in [-0.4, -0.2) is 43.5 Å². The Bertz CT molecular complexity index is 555. The van der Waals surface area contributed by atoms with Gasteiger partial charge in [-0.2, -0.15) is 0 Å². The van der Waals surface area contributed by atoms with E-state index in [1.54, 1.807) is 7.11 Å². The summed E-state index contributed by atoms with van der Waals surface area (Å²) < 4.78 is 5.11. The van der Waals surface area contributed by atoms with Gasteiger partial charge in [0, 0.05) is 31.5 Å². The van der Waals surface area contributed by atoms with Crippen molar-refractivity contribution in [3.8, 4) is 5.75 Å². The van der Waals surface area contributed by atoms with E-state index in [9.17, 15) is 9.59 Å². The number of hydrogen-bond donors (Lipinski definition) is 1. The van der Waals surface area contributed by atoms with Gasteiger partial charge in [0.1, 0.15) is 5.75 Å². The third kappa shape index (κ3) is 2.86. The van der Waals surface area contributed by atoms with Crippen LogP contribution in [0.4, 0.5) is 0 Å². The van der Waals surface area contributed by atoms with Crippen molar-refractivity contribution in [1.29, 1.82) is 0 Å². The van der Waals surface area contributed by atoms with E-state index in [1.807, 2.05) is 29.2 Å². The molecule has 0 aromatic heterocycles. The Labute approximate surface area is 124 Å². The molecule has 0 radical (unpaired) electrons. The molecule has 1 aromatic rings.